The van der Waals surface area contributed by atoms with Gasteiger partial charge in [-0.25, -0.2) is 4.39 Å². The molecule has 1 fully saturated rings. The van der Waals surface area contributed by atoms with E-state index in [4.69, 9.17) is 0 Å². The van der Waals surface area contributed by atoms with Gasteiger partial charge in [0.25, 0.3) is 0 Å². The first-order valence-corrected chi connectivity index (χ1v) is 8.80. The topological polar surface area (TPSA) is 37.3 Å². The standard InChI is InChI=1S/C19H19FO2S/c20-17-9-5-15(6-10-17)14-3-7-16(8-4-14)19(13-18(21)22)11-1-2-12-23-19/h3-10H,1-2,11-13H2,(H,21,22). The molecule has 0 saturated carbocycles. The van der Waals surface area contributed by atoms with Gasteiger partial charge in [0, 0.05) is 0 Å². The van der Waals surface area contributed by atoms with Gasteiger partial charge < -0.3 is 5.11 Å². The molecule has 1 unspecified atom stereocenters. The molecule has 120 valence electrons. The van der Waals surface area contributed by atoms with Gasteiger partial charge in [0.05, 0.1) is 11.2 Å². The first kappa shape index (κ1) is 16.1. The molecule has 0 aliphatic carbocycles. The average Bonchev–Trinajstić information content (AvgIpc) is 2.56. The molecular formula is C19H19FO2S. The molecule has 1 N–H and O–H groups in total. The van der Waals surface area contributed by atoms with Gasteiger partial charge in [0.2, 0.25) is 0 Å². The Kier molecular flexibility index (Phi) is 4.71. The molecule has 2 aromatic rings. The molecule has 0 amide bonds. The Morgan fingerprint density at radius 2 is 1.65 bits per heavy atom. The molecule has 2 aromatic carbocycles. The van der Waals surface area contributed by atoms with Crippen molar-refractivity contribution in [3.63, 3.8) is 0 Å². The number of hydrogen-bond acceptors (Lipinski definition) is 2. The third-order valence-electron chi connectivity index (χ3n) is 4.38. The second-order valence-corrected chi connectivity index (χ2v) is 7.43. The third-order valence-corrected chi connectivity index (χ3v) is 6.01. The fraction of sp³-hybridized carbons (Fsp3) is 0.316. The van der Waals surface area contributed by atoms with E-state index in [0.29, 0.717) is 0 Å². The van der Waals surface area contributed by atoms with Crippen molar-refractivity contribution in [3.8, 4) is 11.1 Å². The Hall–Kier alpha value is -1.81. The summed E-state index contributed by atoms with van der Waals surface area (Å²) >= 11 is 1.77. The second kappa shape index (κ2) is 6.75. The van der Waals surface area contributed by atoms with E-state index < -0.39 is 5.97 Å². The van der Waals surface area contributed by atoms with Gasteiger partial charge in [-0.05, 0) is 47.4 Å². The summed E-state index contributed by atoms with van der Waals surface area (Å²) in [7, 11) is 0. The summed E-state index contributed by atoms with van der Waals surface area (Å²) in [6.45, 7) is 0. The third kappa shape index (κ3) is 3.58. The van der Waals surface area contributed by atoms with Crippen molar-refractivity contribution in [2.45, 2.75) is 30.4 Å². The van der Waals surface area contributed by atoms with Crippen LogP contribution in [0.4, 0.5) is 4.39 Å². The minimum Gasteiger partial charge on any atom is -0.481 e. The van der Waals surface area contributed by atoms with Crippen LogP contribution in [0.5, 0.6) is 0 Å². The second-order valence-electron chi connectivity index (χ2n) is 5.95. The Morgan fingerprint density at radius 1 is 1.04 bits per heavy atom. The van der Waals surface area contributed by atoms with Crippen LogP contribution in [0.2, 0.25) is 0 Å². The Bertz CT molecular complexity index is 674. The lowest BCUT2D eigenvalue weighted by atomic mass is 9.88. The van der Waals surface area contributed by atoms with Crippen LogP contribution in [0.3, 0.4) is 0 Å². The molecular weight excluding hydrogens is 311 g/mol. The Labute approximate surface area is 139 Å². The van der Waals surface area contributed by atoms with Crippen molar-refractivity contribution in [3.05, 3.63) is 59.9 Å². The lowest BCUT2D eigenvalue weighted by Crippen LogP contribution is -2.29. The van der Waals surface area contributed by atoms with Crippen molar-refractivity contribution >= 4 is 17.7 Å². The summed E-state index contributed by atoms with van der Waals surface area (Å²) < 4.78 is 12.7. The zero-order valence-corrected chi connectivity index (χ0v) is 13.6. The molecule has 0 radical (unpaired) electrons. The van der Waals surface area contributed by atoms with E-state index in [1.54, 1.807) is 23.9 Å². The van der Waals surface area contributed by atoms with Gasteiger partial charge in [0.1, 0.15) is 5.82 Å². The summed E-state index contributed by atoms with van der Waals surface area (Å²) in [5.74, 6) is 0.0129. The van der Waals surface area contributed by atoms with Crippen LogP contribution in [0.1, 0.15) is 31.2 Å². The molecule has 1 aliphatic rings. The molecule has 23 heavy (non-hydrogen) atoms. The summed E-state index contributed by atoms with van der Waals surface area (Å²) in [6, 6.07) is 14.5. The average molecular weight is 330 g/mol. The fourth-order valence-electron chi connectivity index (χ4n) is 3.17. The van der Waals surface area contributed by atoms with Crippen molar-refractivity contribution in [1.29, 1.82) is 0 Å². The highest BCUT2D eigenvalue weighted by atomic mass is 32.2. The first-order chi connectivity index (χ1) is 11.1. The van der Waals surface area contributed by atoms with E-state index >= 15 is 0 Å². The maximum Gasteiger partial charge on any atom is 0.305 e. The molecule has 0 bridgehead atoms. The van der Waals surface area contributed by atoms with Gasteiger partial charge in [0.15, 0.2) is 0 Å². The summed E-state index contributed by atoms with van der Waals surface area (Å²) in [4.78, 5) is 11.3. The van der Waals surface area contributed by atoms with Crippen LogP contribution in [-0.4, -0.2) is 16.8 Å². The Balaban J connectivity index is 1.89. The fourth-order valence-corrected chi connectivity index (χ4v) is 4.73. The minimum absolute atomic E-state index is 0.160. The van der Waals surface area contributed by atoms with Gasteiger partial charge >= 0.3 is 5.97 Å². The SMILES string of the molecule is O=C(O)CC1(c2ccc(-c3ccc(F)cc3)cc2)CCCCS1. The van der Waals surface area contributed by atoms with Crippen LogP contribution < -0.4 is 0 Å². The van der Waals surface area contributed by atoms with Gasteiger partial charge in [-0.2, -0.15) is 0 Å². The predicted molar refractivity (Wildman–Crippen MR) is 92.1 cm³/mol. The number of aliphatic carboxylic acids is 1. The molecule has 2 nitrogen and oxygen atoms in total. The summed E-state index contributed by atoms with van der Waals surface area (Å²) in [6.07, 6.45) is 3.28. The zero-order valence-electron chi connectivity index (χ0n) is 12.8. The highest BCUT2D eigenvalue weighted by Gasteiger charge is 2.36. The monoisotopic (exact) mass is 330 g/mol. The molecule has 0 spiro atoms. The van der Waals surface area contributed by atoms with Crippen molar-refractivity contribution in [2.24, 2.45) is 0 Å². The highest BCUT2D eigenvalue weighted by Crippen LogP contribution is 2.47. The van der Waals surface area contributed by atoms with E-state index in [-0.39, 0.29) is 17.0 Å². The molecule has 3 rings (SSSR count). The summed E-state index contributed by atoms with van der Waals surface area (Å²) in [5.41, 5.74) is 3.05. The lowest BCUT2D eigenvalue weighted by molar-refractivity contribution is -0.137. The van der Waals surface area contributed by atoms with Crippen LogP contribution >= 0.6 is 11.8 Å². The normalized spacial score (nSPS) is 21.1. The van der Waals surface area contributed by atoms with Crippen LogP contribution in [0.15, 0.2) is 48.5 Å². The maximum atomic E-state index is 13.0. The molecule has 1 atom stereocenters. The van der Waals surface area contributed by atoms with E-state index in [1.165, 1.54) is 12.1 Å². The maximum absolute atomic E-state index is 13.0. The number of halogens is 1. The zero-order chi connectivity index (χ0) is 16.3. The van der Waals surface area contributed by atoms with Crippen molar-refractivity contribution < 1.29 is 14.3 Å². The number of thioether (sulfide) groups is 1. The number of carboxylic acid groups (broad SMARTS) is 1. The molecule has 1 heterocycles. The van der Waals surface area contributed by atoms with Crippen LogP contribution in [-0.2, 0) is 9.54 Å². The van der Waals surface area contributed by atoms with Gasteiger partial charge in [-0.3, -0.25) is 4.79 Å². The minimum atomic E-state index is -0.748. The molecule has 0 aromatic heterocycles. The highest BCUT2D eigenvalue weighted by molar-refractivity contribution is 8.00. The van der Waals surface area contributed by atoms with E-state index in [0.717, 1.165) is 41.7 Å². The molecule has 4 heteroatoms. The summed E-state index contributed by atoms with van der Waals surface area (Å²) in [5, 5.41) is 9.30. The molecule has 1 saturated heterocycles. The van der Waals surface area contributed by atoms with Crippen LogP contribution in [0.25, 0.3) is 11.1 Å². The van der Waals surface area contributed by atoms with Gasteiger partial charge in [-0.15, -0.1) is 11.8 Å². The first-order valence-electron chi connectivity index (χ1n) is 7.81. The largest absolute Gasteiger partial charge is 0.481 e. The predicted octanol–water partition coefficient (Wildman–Crippen LogP) is 5.08. The smallest absolute Gasteiger partial charge is 0.305 e. The number of carbonyl (C=O) groups is 1. The number of benzene rings is 2. The lowest BCUT2D eigenvalue weighted by Gasteiger charge is -2.36. The van der Waals surface area contributed by atoms with Gasteiger partial charge in [-0.1, -0.05) is 42.8 Å². The molecule has 1 aliphatic heterocycles. The van der Waals surface area contributed by atoms with E-state index in [1.807, 2.05) is 24.3 Å². The number of rotatable bonds is 4. The van der Waals surface area contributed by atoms with E-state index in [2.05, 4.69) is 0 Å². The van der Waals surface area contributed by atoms with Crippen LogP contribution in [0, 0.1) is 5.82 Å². The quantitative estimate of drug-likeness (QED) is 0.849. The van der Waals surface area contributed by atoms with Crippen molar-refractivity contribution in [2.75, 3.05) is 5.75 Å². The Morgan fingerprint density at radius 3 is 2.17 bits per heavy atom. The van der Waals surface area contributed by atoms with Crippen molar-refractivity contribution in [1.82, 2.24) is 0 Å². The number of hydrogen-bond donors (Lipinski definition) is 1. The van der Waals surface area contributed by atoms with E-state index in [9.17, 15) is 14.3 Å². The number of carboxylic acids is 1.